The Labute approximate surface area is 151 Å². The number of nitrogens with one attached hydrogen (secondary N) is 2. The summed E-state index contributed by atoms with van der Waals surface area (Å²) in [5.41, 5.74) is 4.43. The largest absolute Gasteiger partial charge is 0.323 e. The normalized spacial score (nSPS) is 10.5. The first kappa shape index (κ1) is 15.8. The van der Waals surface area contributed by atoms with Gasteiger partial charge in [-0.2, -0.15) is 0 Å². The summed E-state index contributed by atoms with van der Waals surface area (Å²) < 4.78 is 0. The zero-order chi connectivity index (χ0) is 17.8. The number of para-hydroxylation sites is 1. The smallest absolute Gasteiger partial charge is 0.308 e. The number of carbonyl (C=O) groups excluding carboxylic acids is 1. The molecule has 1 aromatic heterocycles. The monoisotopic (exact) mass is 339 g/mol. The molecule has 2 N–H and O–H groups in total. The molecule has 0 aliphatic heterocycles. The molecule has 4 aromatic rings. The second kappa shape index (κ2) is 7.07. The highest BCUT2D eigenvalue weighted by Gasteiger charge is 2.07. The molecule has 0 saturated heterocycles. The zero-order valence-electron chi connectivity index (χ0n) is 14.0. The summed E-state index contributed by atoms with van der Waals surface area (Å²) in [5, 5.41) is 6.71. The molecule has 0 bridgehead atoms. The summed E-state index contributed by atoms with van der Waals surface area (Å²) >= 11 is 0. The van der Waals surface area contributed by atoms with Crippen LogP contribution in [0.1, 0.15) is 0 Å². The van der Waals surface area contributed by atoms with Crippen molar-refractivity contribution in [2.45, 2.75) is 0 Å². The first-order valence-corrected chi connectivity index (χ1v) is 8.37. The number of hydrogen-bond donors (Lipinski definition) is 2. The number of rotatable bonds is 3. The van der Waals surface area contributed by atoms with Gasteiger partial charge in [0.1, 0.15) is 0 Å². The number of aromatic nitrogens is 1. The van der Waals surface area contributed by atoms with E-state index >= 15 is 0 Å². The van der Waals surface area contributed by atoms with Gasteiger partial charge in [-0.1, -0.05) is 60.7 Å². The number of urea groups is 1. The van der Waals surface area contributed by atoms with Gasteiger partial charge < -0.3 is 10.6 Å². The van der Waals surface area contributed by atoms with Crippen LogP contribution < -0.4 is 10.6 Å². The Hall–Kier alpha value is -3.66. The van der Waals surface area contributed by atoms with Crippen LogP contribution in [-0.4, -0.2) is 11.0 Å². The van der Waals surface area contributed by atoms with Crippen molar-refractivity contribution in [3.8, 4) is 11.1 Å². The van der Waals surface area contributed by atoms with Gasteiger partial charge in [0.15, 0.2) is 0 Å². The molecule has 26 heavy (non-hydrogen) atoms. The van der Waals surface area contributed by atoms with Crippen molar-refractivity contribution in [1.82, 2.24) is 4.98 Å². The number of hydrogen-bond acceptors (Lipinski definition) is 2. The lowest BCUT2D eigenvalue weighted by atomic mass is 10.1. The molecule has 4 nitrogen and oxygen atoms in total. The van der Waals surface area contributed by atoms with Crippen LogP contribution in [0.5, 0.6) is 0 Å². The van der Waals surface area contributed by atoms with Gasteiger partial charge in [-0.3, -0.25) is 4.98 Å². The summed E-state index contributed by atoms with van der Waals surface area (Å²) in [7, 11) is 0. The average molecular weight is 339 g/mol. The topological polar surface area (TPSA) is 54.0 Å². The van der Waals surface area contributed by atoms with Crippen molar-refractivity contribution < 1.29 is 4.79 Å². The second-order valence-corrected chi connectivity index (χ2v) is 5.90. The van der Waals surface area contributed by atoms with Gasteiger partial charge in [0, 0.05) is 17.3 Å². The van der Waals surface area contributed by atoms with Gasteiger partial charge in [-0.25, -0.2) is 4.79 Å². The van der Waals surface area contributed by atoms with Crippen LogP contribution in [0.25, 0.3) is 22.0 Å². The molecule has 4 rings (SSSR count). The van der Waals surface area contributed by atoms with Gasteiger partial charge in [0.25, 0.3) is 0 Å². The molecule has 0 spiro atoms. The third-order valence-electron chi connectivity index (χ3n) is 4.13. The number of pyridine rings is 1. The van der Waals surface area contributed by atoms with Crippen LogP contribution in [0.15, 0.2) is 91.1 Å². The van der Waals surface area contributed by atoms with Crippen LogP contribution in [0, 0.1) is 0 Å². The highest BCUT2D eigenvalue weighted by molar-refractivity contribution is 6.05. The molecule has 0 aliphatic rings. The number of carbonyl (C=O) groups is 1. The van der Waals surface area contributed by atoms with E-state index in [9.17, 15) is 4.79 Å². The Morgan fingerprint density at radius 2 is 1.42 bits per heavy atom. The molecule has 0 atom stereocenters. The summed E-state index contributed by atoms with van der Waals surface area (Å²) in [6.07, 6.45) is 1.72. The van der Waals surface area contributed by atoms with Crippen LogP contribution in [0.3, 0.4) is 0 Å². The molecule has 0 radical (unpaired) electrons. The molecule has 0 fully saturated rings. The van der Waals surface area contributed by atoms with Crippen molar-refractivity contribution in [3.63, 3.8) is 0 Å². The minimum absolute atomic E-state index is 0.296. The van der Waals surface area contributed by atoms with Gasteiger partial charge in [-0.15, -0.1) is 0 Å². The third-order valence-corrected chi connectivity index (χ3v) is 4.13. The maximum absolute atomic E-state index is 12.3. The molecular weight excluding hydrogens is 322 g/mol. The first-order chi connectivity index (χ1) is 12.8. The lowest BCUT2D eigenvalue weighted by molar-refractivity contribution is 0.262. The Morgan fingerprint density at radius 3 is 2.23 bits per heavy atom. The zero-order valence-corrected chi connectivity index (χ0v) is 14.0. The summed E-state index contributed by atoms with van der Waals surface area (Å²) in [6, 6.07) is 27.1. The van der Waals surface area contributed by atoms with Gasteiger partial charge >= 0.3 is 6.03 Å². The highest BCUT2D eigenvalue weighted by Crippen LogP contribution is 2.22. The number of amides is 2. The SMILES string of the molecule is O=C(Nc1ccc(-c2ccccc2)cc1)Nc1cccc2cccnc12. The number of anilines is 2. The summed E-state index contributed by atoms with van der Waals surface area (Å²) in [5.74, 6) is 0. The van der Waals surface area contributed by atoms with Crippen LogP contribution in [0.2, 0.25) is 0 Å². The summed E-state index contributed by atoms with van der Waals surface area (Å²) in [4.78, 5) is 16.7. The van der Waals surface area contributed by atoms with Gasteiger partial charge in [0.05, 0.1) is 11.2 Å². The fraction of sp³-hybridized carbons (Fsp3) is 0. The van der Waals surface area contributed by atoms with Gasteiger partial charge in [0.2, 0.25) is 0 Å². The average Bonchev–Trinajstić information content (AvgIpc) is 2.69. The van der Waals surface area contributed by atoms with Crippen molar-refractivity contribution in [1.29, 1.82) is 0 Å². The number of fused-ring (bicyclic) bond motifs is 1. The lowest BCUT2D eigenvalue weighted by Crippen LogP contribution is -2.19. The minimum Gasteiger partial charge on any atom is -0.308 e. The van der Waals surface area contributed by atoms with Crippen LogP contribution in [-0.2, 0) is 0 Å². The Morgan fingerprint density at radius 1 is 0.692 bits per heavy atom. The molecule has 0 unspecified atom stereocenters. The van der Waals surface area contributed by atoms with E-state index in [2.05, 4.69) is 27.8 Å². The molecule has 1 heterocycles. The Balaban J connectivity index is 1.48. The first-order valence-electron chi connectivity index (χ1n) is 8.37. The Bertz CT molecular complexity index is 1040. The number of benzene rings is 3. The highest BCUT2D eigenvalue weighted by atomic mass is 16.2. The fourth-order valence-electron chi connectivity index (χ4n) is 2.87. The molecular formula is C22H17N3O. The molecule has 126 valence electrons. The van der Waals surface area contributed by atoms with E-state index in [0.29, 0.717) is 5.69 Å². The van der Waals surface area contributed by atoms with E-state index in [1.54, 1.807) is 6.20 Å². The van der Waals surface area contributed by atoms with E-state index in [1.807, 2.05) is 72.8 Å². The fourth-order valence-corrected chi connectivity index (χ4v) is 2.87. The van der Waals surface area contributed by atoms with E-state index in [4.69, 9.17) is 0 Å². The maximum Gasteiger partial charge on any atom is 0.323 e. The van der Waals surface area contributed by atoms with Crippen molar-refractivity contribution in [2.24, 2.45) is 0 Å². The predicted molar refractivity (Wildman–Crippen MR) is 106 cm³/mol. The second-order valence-electron chi connectivity index (χ2n) is 5.90. The van der Waals surface area contributed by atoms with Crippen LogP contribution >= 0.6 is 0 Å². The predicted octanol–water partition coefficient (Wildman–Crippen LogP) is 5.55. The molecule has 0 saturated carbocycles. The Kier molecular flexibility index (Phi) is 4.31. The standard InChI is InChI=1S/C22H17N3O/c26-22(25-20-10-4-8-18-9-5-15-23-21(18)20)24-19-13-11-17(12-14-19)16-6-2-1-3-7-16/h1-15H,(H2,24,25,26). The minimum atomic E-state index is -0.296. The van der Waals surface area contributed by atoms with Crippen LogP contribution in [0.4, 0.5) is 16.2 Å². The molecule has 4 heteroatoms. The maximum atomic E-state index is 12.3. The molecule has 3 aromatic carbocycles. The summed E-state index contributed by atoms with van der Waals surface area (Å²) in [6.45, 7) is 0. The molecule has 0 aliphatic carbocycles. The van der Waals surface area contributed by atoms with Gasteiger partial charge in [-0.05, 0) is 35.4 Å². The molecule has 2 amide bonds. The van der Waals surface area contributed by atoms with E-state index in [0.717, 1.165) is 27.7 Å². The van der Waals surface area contributed by atoms with Crippen molar-refractivity contribution >= 4 is 28.3 Å². The quantitative estimate of drug-likeness (QED) is 0.514. The third kappa shape index (κ3) is 3.39. The number of nitrogens with zero attached hydrogens (tertiary/aromatic N) is 1. The lowest BCUT2D eigenvalue weighted by Gasteiger charge is -2.10. The van der Waals surface area contributed by atoms with E-state index in [1.165, 1.54) is 0 Å². The van der Waals surface area contributed by atoms with Crippen molar-refractivity contribution in [3.05, 3.63) is 91.1 Å². The van der Waals surface area contributed by atoms with E-state index in [-0.39, 0.29) is 6.03 Å². The van der Waals surface area contributed by atoms with E-state index < -0.39 is 0 Å². The van der Waals surface area contributed by atoms with Crippen molar-refractivity contribution in [2.75, 3.05) is 10.6 Å².